The van der Waals surface area contributed by atoms with E-state index in [0.29, 0.717) is 26.5 Å². The van der Waals surface area contributed by atoms with Gasteiger partial charge in [0, 0.05) is 11.6 Å². The number of rotatable bonds is 3. The van der Waals surface area contributed by atoms with Crippen LogP contribution >= 0.6 is 22.7 Å². The van der Waals surface area contributed by atoms with Gasteiger partial charge in [-0.1, -0.05) is 0 Å². The molecule has 5 nitrogen and oxygen atoms in total. The summed E-state index contributed by atoms with van der Waals surface area (Å²) in [6.45, 7) is 3.69. The third-order valence-corrected chi connectivity index (χ3v) is 4.47. The van der Waals surface area contributed by atoms with Gasteiger partial charge in [0.25, 0.3) is 5.91 Å². The molecule has 1 amide bonds. The van der Waals surface area contributed by atoms with E-state index in [-0.39, 0.29) is 5.91 Å². The second-order valence-electron chi connectivity index (χ2n) is 4.14. The van der Waals surface area contributed by atoms with Gasteiger partial charge in [0.15, 0.2) is 15.9 Å². The van der Waals surface area contributed by atoms with Crippen LogP contribution in [0.3, 0.4) is 0 Å². The second-order valence-corrected chi connectivity index (χ2v) is 6.03. The Morgan fingerprint density at radius 1 is 1.35 bits per heavy atom. The zero-order valence-electron chi connectivity index (χ0n) is 10.8. The van der Waals surface area contributed by atoms with Crippen LogP contribution in [0.25, 0.3) is 10.8 Å². The van der Waals surface area contributed by atoms with Crippen LogP contribution in [0.5, 0.6) is 0 Å². The molecule has 0 radical (unpaired) electrons. The third-order valence-electron chi connectivity index (χ3n) is 2.61. The molecule has 0 bridgehead atoms. The van der Waals surface area contributed by atoms with Gasteiger partial charge in [-0.3, -0.25) is 10.1 Å². The van der Waals surface area contributed by atoms with Crippen molar-refractivity contribution in [2.45, 2.75) is 13.8 Å². The SMILES string of the molecule is Cc1ccc(-c2nc(C)c(C(=O)Nc3nccs3)s2)o1. The maximum atomic E-state index is 12.2. The van der Waals surface area contributed by atoms with Crippen molar-refractivity contribution >= 4 is 33.7 Å². The summed E-state index contributed by atoms with van der Waals surface area (Å²) in [7, 11) is 0. The minimum Gasteiger partial charge on any atom is -0.459 e. The standard InChI is InChI=1S/C13H11N3O2S2/c1-7-3-4-9(18-7)12-15-8(2)10(20-12)11(17)16-13-14-5-6-19-13/h3-6H,1-2H3,(H,14,16,17). The van der Waals surface area contributed by atoms with Gasteiger partial charge in [0.1, 0.15) is 10.6 Å². The lowest BCUT2D eigenvalue weighted by molar-refractivity contribution is 0.103. The van der Waals surface area contributed by atoms with E-state index >= 15 is 0 Å². The van der Waals surface area contributed by atoms with E-state index in [4.69, 9.17) is 4.42 Å². The van der Waals surface area contributed by atoms with Crippen molar-refractivity contribution in [3.63, 3.8) is 0 Å². The molecule has 0 aliphatic heterocycles. The van der Waals surface area contributed by atoms with Crippen LogP contribution in [0.2, 0.25) is 0 Å². The molecular formula is C13H11N3O2S2. The van der Waals surface area contributed by atoms with Crippen LogP contribution in [0.1, 0.15) is 21.1 Å². The largest absolute Gasteiger partial charge is 0.459 e. The Labute approximate surface area is 123 Å². The van der Waals surface area contributed by atoms with Crippen molar-refractivity contribution in [1.29, 1.82) is 0 Å². The third kappa shape index (κ3) is 2.50. The molecule has 1 N–H and O–H groups in total. The highest BCUT2D eigenvalue weighted by Gasteiger charge is 2.18. The summed E-state index contributed by atoms with van der Waals surface area (Å²) in [6, 6.07) is 3.73. The van der Waals surface area contributed by atoms with Crippen LogP contribution in [-0.4, -0.2) is 15.9 Å². The van der Waals surface area contributed by atoms with Crippen molar-refractivity contribution < 1.29 is 9.21 Å². The van der Waals surface area contributed by atoms with E-state index in [1.807, 2.05) is 31.4 Å². The van der Waals surface area contributed by atoms with Gasteiger partial charge >= 0.3 is 0 Å². The van der Waals surface area contributed by atoms with Crippen LogP contribution < -0.4 is 5.32 Å². The Balaban J connectivity index is 1.87. The molecule has 3 rings (SSSR count). The van der Waals surface area contributed by atoms with Crippen LogP contribution in [-0.2, 0) is 0 Å². The minimum atomic E-state index is -0.190. The molecule has 0 fully saturated rings. The lowest BCUT2D eigenvalue weighted by Gasteiger charge is -1.98. The number of furan rings is 1. The zero-order valence-corrected chi connectivity index (χ0v) is 12.5. The molecule has 102 valence electrons. The molecule has 0 aromatic carbocycles. The maximum absolute atomic E-state index is 12.2. The number of hydrogen-bond donors (Lipinski definition) is 1. The summed E-state index contributed by atoms with van der Waals surface area (Å²) in [5.41, 5.74) is 0.688. The molecule has 3 heterocycles. The molecule has 0 unspecified atom stereocenters. The highest BCUT2D eigenvalue weighted by molar-refractivity contribution is 7.17. The number of amides is 1. The molecule has 3 aromatic rings. The Hall–Kier alpha value is -1.99. The normalized spacial score (nSPS) is 10.7. The second kappa shape index (κ2) is 5.18. The van der Waals surface area contributed by atoms with Crippen molar-refractivity contribution in [3.05, 3.63) is 40.0 Å². The number of aryl methyl sites for hydroxylation is 2. The smallest absolute Gasteiger partial charge is 0.269 e. The van der Waals surface area contributed by atoms with E-state index in [2.05, 4.69) is 15.3 Å². The number of nitrogens with one attached hydrogen (secondary N) is 1. The van der Waals surface area contributed by atoms with Crippen molar-refractivity contribution in [3.8, 4) is 10.8 Å². The number of aromatic nitrogens is 2. The van der Waals surface area contributed by atoms with Gasteiger partial charge in [-0.15, -0.1) is 22.7 Å². The van der Waals surface area contributed by atoms with E-state index in [1.165, 1.54) is 22.7 Å². The van der Waals surface area contributed by atoms with E-state index in [9.17, 15) is 4.79 Å². The Morgan fingerprint density at radius 3 is 2.85 bits per heavy atom. The lowest BCUT2D eigenvalue weighted by atomic mass is 10.4. The molecule has 0 atom stereocenters. The van der Waals surface area contributed by atoms with Gasteiger partial charge in [-0.25, -0.2) is 9.97 Å². The molecular weight excluding hydrogens is 294 g/mol. The van der Waals surface area contributed by atoms with Gasteiger partial charge in [0.05, 0.1) is 5.69 Å². The van der Waals surface area contributed by atoms with Gasteiger partial charge < -0.3 is 4.42 Å². The monoisotopic (exact) mass is 305 g/mol. The van der Waals surface area contributed by atoms with Gasteiger partial charge in [0.2, 0.25) is 0 Å². The number of thiazole rings is 2. The van der Waals surface area contributed by atoms with Crippen LogP contribution in [0.4, 0.5) is 5.13 Å². The summed E-state index contributed by atoms with van der Waals surface area (Å²) < 4.78 is 5.53. The van der Waals surface area contributed by atoms with Crippen molar-refractivity contribution in [1.82, 2.24) is 9.97 Å². The van der Waals surface area contributed by atoms with E-state index in [0.717, 1.165) is 5.76 Å². The van der Waals surface area contributed by atoms with Crippen molar-refractivity contribution in [2.24, 2.45) is 0 Å². The highest BCUT2D eigenvalue weighted by Crippen LogP contribution is 2.29. The fourth-order valence-corrected chi connectivity index (χ4v) is 3.15. The molecule has 0 aliphatic carbocycles. The van der Waals surface area contributed by atoms with Crippen molar-refractivity contribution in [2.75, 3.05) is 5.32 Å². The first kappa shape index (κ1) is 13.0. The summed E-state index contributed by atoms with van der Waals surface area (Å²) in [5.74, 6) is 1.31. The Kier molecular flexibility index (Phi) is 3.37. The number of hydrogen-bond acceptors (Lipinski definition) is 6. The van der Waals surface area contributed by atoms with Crippen LogP contribution in [0, 0.1) is 13.8 Å². The molecule has 0 spiro atoms. The Bertz CT molecular complexity index is 744. The van der Waals surface area contributed by atoms with Crippen LogP contribution in [0.15, 0.2) is 28.1 Å². The first-order chi connectivity index (χ1) is 9.63. The summed E-state index contributed by atoms with van der Waals surface area (Å²) >= 11 is 2.70. The molecule has 0 saturated heterocycles. The quantitative estimate of drug-likeness (QED) is 0.800. The number of nitrogens with zero attached hydrogens (tertiary/aromatic N) is 2. The molecule has 0 aliphatic rings. The van der Waals surface area contributed by atoms with E-state index in [1.54, 1.807) is 6.20 Å². The lowest BCUT2D eigenvalue weighted by Crippen LogP contribution is -2.11. The van der Waals surface area contributed by atoms with Gasteiger partial charge in [-0.05, 0) is 26.0 Å². The molecule has 7 heteroatoms. The fourth-order valence-electron chi connectivity index (χ4n) is 1.70. The average molecular weight is 305 g/mol. The molecule has 3 aromatic heterocycles. The zero-order chi connectivity index (χ0) is 14.1. The number of anilines is 1. The summed E-state index contributed by atoms with van der Waals surface area (Å²) in [5, 5.41) is 5.86. The maximum Gasteiger partial charge on any atom is 0.269 e. The average Bonchev–Trinajstić information content (AvgIpc) is 3.10. The topological polar surface area (TPSA) is 68.0 Å². The fraction of sp³-hybridized carbons (Fsp3) is 0.154. The van der Waals surface area contributed by atoms with Gasteiger partial charge in [-0.2, -0.15) is 0 Å². The summed E-state index contributed by atoms with van der Waals surface area (Å²) in [6.07, 6.45) is 1.65. The Morgan fingerprint density at radius 2 is 2.20 bits per heavy atom. The predicted molar refractivity (Wildman–Crippen MR) is 79.4 cm³/mol. The number of carbonyl (C=O) groups excluding carboxylic acids is 1. The first-order valence-electron chi connectivity index (χ1n) is 5.88. The predicted octanol–water partition coefficient (Wildman–Crippen LogP) is 3.73. The highest BCUT2D eigenvalue weighted by atomic mass is 32.1. The molecule has 0 saturated carbocycles. The molecule has 20 heavy (non-hydrogen) atoms. The number of carbonyl (C=O) groups is 1. The summed E-state index contributed by atoms with van der Waals surface area (Å²) in [4.78, 5) is 21.2. The van der Waals surface area contributed by atoms with E-state index < -0.39 is 0 Å². The first-order valence-corrected chi connectivity index (χ1v) is 7.58. The minimum absolute atomic E-state index is 0.190.